The standard InChI is InChI=1S/C14H24N2O4/c1-9(18)16-12-5-4-11(20-13(12)8-17)6-7-15-14(19)10-2-3-10/h10-13,17H,2-8H2,1H3,(H,15,19)(H,16,18)/t11-,12-,13-/m1/s1. The van der Waals surface area contributed by atoms with Crippen molar-refractivity contribution in [1.29, 1.82) is 0 Å². The van der Waals surface area contributed by atoms with Crippen molar-refractivity contribution in [3.63, 3.8) is 0 Å². The number of ether oxygens (including phenoxy) is 1. The Morgan fingerprint density at radius 2 is 2.00 bits per heavy atom. The van der Waals surface area contributed by atoms with Gasteiger partial charge in [0.25, 0.3) is 0 Å². The predicted molar refractivity (Wildman–Crippen MR) is 72.9 cm³/mol. The van der Waals surface area contributed by atoms with E-state index >= 15 is 0 Å². The number of hydrogen-bond donors (Lipinski definition) is 3. The summed E-state index contributed by atoms with van der Waals surface area (Å²) in [5, 5.41) is 15.1. The van der Waals surface area contributed by atoms with Crippen molar-refractivity contribution in [2.75, 3.05) is 13.2 Å². The highest BCUT2D eigenvalue weighted by atomic mass is 16.5. The van der Waals surface area contributed by atoms with Crippen LogP contribution in [-0.4, -0.2) is 48.3 Å². The summed E-state index contributed by atoms with van der Waals surface area (Å²) in [6.45, 7) is 1.98. The van der Waals surface area contributed by atoms with E-state index in [1.165, 1.54) is 6.92 Å². The molecule has 0 bridgehead atoms. The molecule has 3 N–H and O–H groups in total. The third-order valence-electron chi connectivity index (χ3n) is 3.90. The van der Waals surface area contributed by atoms with Gasteiger partial charge in [0, 0.05) is 19.4 Å². The number of aliphatic hydroxyl groups excluding tert-OH is 1. The molecule has 0 spiro atoms. The molecule has 6 heteroatoms. The highest BCUT2D eigenvalue weighted by Gasteiger charge is 2.32. The average Bonchev–Trinajstić information content (AvgIpc) is 3.24. The largest absolute Gasteiger partial charge is 0.394 e. The topological polar surface area (TPSA) is 87.7 Å². The van der Waals surface area contributed by atoms with E-state index in [9.17, 15) is 14.7 Å². The molecular formula is C14H24N2O4. The first kappa shape index (κ1) is 15.3. The molecule has 6 nitrogen and oxygen atoms in total. The van der Waals surface area contributed by atoms with Crippen LogP contribution in [0.15, 0.2) is 0 Å². The van der Waals surface area contributed by atoms with E-state index in [2.05, 4.69) is 10.6 Å². The molecule has 114 valence electrons. The maximum atomic E-state index is 11.5. The van der Waals surface area contributed by atoms with Crippen LogP contribution in [0.2, 0.25) is 0 Å². The number of aliphatic hydroxyl groups is 1. The zero-order valence-electron chi connectivity index (χ0n) is 11.9. The summed E-state index contributed by atoms with van der Waals surface area (Å²) in [6, 6.07) is -0.116. The van der Waals surface area contributed by atoms with Crippen LogP contribution in [-0.2, 0) is 14.3 Å². The van der Waals surface area contributed by atoms with Crippen LogP contribution in [0.3, 0.4) is 0 Å². The number of amides is 2. The van der Waals surface area contributed by atoms with Gasteiger partial charge in [-0.3, -0.25) is 9.59 Å². The molecule has 0 aromatic rings. The van der Waals surface area contributed by atoms with Gasteiger partial charge in [-0.2, -0.15) is 0 Å². The fourth-order valence-corrected chi connectivity index (χ4v) is 2.62. The zero-order chi connectivity index (χ0) is 14.5. The summed E-state index contributed by atoms with van der Waals surface area (Å²) >= 11 is 0. The Bertz CT molecular complexity index is 357. The molecular weight excluding hydrogens is 260 g/mol. The predicted octanol–water partition coefficient (Wildman–Crippen LogP) is -0.0527. The SMILES string of the molecule is CC(=O)N[C@@H]1CC[C@H](CCNC(=O)C2CC2)O[C@@H]1CO. The lowest BCUT2D eigenvalue weighted by Gasteiger charge is -2.36. The molecule has 1 aliphatic heterocycles. The van der Waals surface area contributed by atoms with E-state index in [0.717, 1.165) is 32.1 Å². The van der Waals surface area contributed by atoms with E-state index in [4.69, 9.17) is 4.74 Å². The van der Waals surface area contributed by atoms with Gasteiger partial charge >= 0.3 is 0 Å². The fourth-order valence-electron chi connectivity index (χ4n) is 2.62. The molecule has 2 fully saturated rings. The summed E-state index contributed by atoms with van der Waals surface area (Å²) in [5.74, 6) is 0.277. The molecule has 2 aliphatic rings. The number of nitrogens with one attached hydrogen (secondary N) is 2. The van der Waals surface area contributed by atoms with Gasteiger partial charge in [-0.25, -0.2) is 0 Å². The smallest absolute Gasteiger partial charge is 0.223 e. The Hall–Kier alpha value is -1.14. The van der Waals surface area contributed by atoms with Crippen LogP contribution >= 0.6 is 0 Å². The summed E-state index contributed by atoms with van der Waals surface area (Å²) in [5.41, 5.74) is 0. The zero-order valence-corrected chi connectivity index (χ0v) is 11.9. The second-order valence-electron chi connectivity index (χ2n) is 5.72. The summed E-state index contributed by atoms with van der Waals surface area (Å²) in [4.78, 5) is 22.6. The summed E-state index contributed by atoms with van der Waals surface area (Å²) in [6.07, 6.45) is 4.09. The Labute approximate surface area is 119 Å². The second-order valence-corrected chi connectivity index (χ2v) is 5.72. The maximum Gasteiger partial charge on any atom is 0.223 e. The first-order valence-electron chi connectivity index (χ1n) is 7.41. The normalized spacial score (nSPS) is 29.8. The highest BCUT2D eigenvalue weighted by Crippen LogP contribution is 2.28. The molecule has 20 heavy (non-hydrogen) atoms. The maximum absolute atomic E-state index is 11.5. The molecule has 0 aromatic carbocycles. The van der Waals surface area contributed by atoms with E-state index in [1.54, 1.807) is 0 Å². The molecule has 0 unspecified atom stereocenters. The van der Waals surface area contributed by atoms with Crippen molar-refractivity contribution < 1.29 is 19.4 Å². The van der Waals surface area contributed by atoms with E-state index in [1.807, 2.05) is 0 Å². The molecule has 3 atom stereocenters. The molecule has 1 saturated heterocycles. The van der Waals surface area contributed by atoms with E-state index in [0.29, 0.717) is 6.54 Å². The van der Waals surface area contributed by atoms with Crippen LogP contribution in [0, 0.1) is 5.92 Å². The summed E-state index contributed by atoms with van der Waals surface area (Å²) in [7, 11) is 0. The lowest BCUT2D eigenvalue weighted by molar-refractivity contribution is -0.127. The van der Waals surface area contributed by atoms with Crippen LogP contribution in [0.5, 0.6) is 0 Å². The van der Waals surface area contributed by atoms with E-state index in [-0.39, 0.29) is 42.6 Å². The minimum Gasteiger partial charge on any atom is -0.394 e. The first-order chi connectivity index (χ1) is 9.60. The molecule has 1 heterocycles. The fraction of sp³-hybridized carbons (Fsp3) is 0.857. The van der Waals surface area contributed by atoms with Gasteiger partial charge in [0.05, 0.1) is 18.8 Å². The Balaban J connectivity index is 1.69. The molecule has 2 rings (SSSR count). The van der Waals surface area contributed by atoms with Gasteiger partial charge in [0.2, 0.25) is 11.8 Å². The average molecular weight is 284 g/mol. The van der Waals surface area contributed by atoms with Crippen LogP contribution in [0.4, 0.5) is 0 Å². The molecule has 1 aliphatic carbocycles. The number of carbonyl (C=O) groups is 2. The molecule has 2 amide bonds. The van der Waals surface area contributed by atoms with Crippen molar-refractivity contribution in [2.45, 2.75) is 57.3 Å². The number of carbonyl (C=O) groups excluding carboxylic acids is 2. The minimum absolute atomic E-state index is 0.0386. The third-order valence-corrected chi connectivity index (χ3v) is 3.90. The number of rotatable bonds is 6. The Kier molecular flexibility index (Phi) is 5.37. The highest BCUT2D eigenvalue weighted by molar-refractivity contribution is 5.80. The van der Waals surface area contributed by atoms with Gasteiger partial charge < -0.3 is 20.5 Å². The van der Waals surface area contributed by atoms with Crippen molar-refractivity contribution >= 4 is 11.8 Å². The Morgan fingerprint density at radius 3 is 2.60 bits per heavy atom. The molecule has 0 radical (unpaired) electrons. The minimum atomic E-state index is -0.350. The first-order valence-corrected chi connectivity index (χ1v) is 7.41. The van der Waals surface area contributed by atoms with Crippen LogP contribution in [0.1, 0.15) is 39.0 Å². The van der Waals surface area contributed by atoms with E-state index < -0.39 is 0 Å². The monoisotopic (exact) mass is 284 g/mol. The second kappa shape index (κ2) is 7.04. The molecule has 1 saturated carbocycles. The lowest BCUT2D eigenvalue weighted by Crippen LogP contribution is -2.50. The number of hydrogen-bond acceptors (Lipinski definition) is 4. The Morgan fingerprint density at radius 1 is 1.25 bits per heavy atom. The molecule has 0 aromatic heterocycles. The summed E-state index contributed by atoms with van der Waals surface area (Å²) < 4.78 is 5.79. The van der Waals surface area contributed by atoms with Crippen molar-refractivity contribution in [1.82, 2.24) is 10.6 Å². The van der Waals surface area contributed by atoms with Gasteiger partial charge in [-0.1, -0.05) is 0 Å². The van der Waals surface area contributed by atoms with Crippen molar-refractivity contribution in [2.24, 2.45) is 5.92 Å². The van der Waals surface area contributed by atoms with Crippen molar-refractivity contribution in [3.8, 4) is 0 Å². The van der Waals surface area contributed by atoms with Crippen molar-refractivity contribution in [3.05, 3.63) is 0 Å². The van der Waals surface area contributed by atoms with Gasteiger partial charge in [0.1, 0.15) is 6.10 Å². The lowest BCUT2D eigenvalue weighted by atomic mass is 9.97. The van der Waals surface area contributed by atoms with Gasteiger partial charge in [-0.05, 0) is 32.1 Å². The quantitative estimate of drug-likeness (QED) is 0.638. The van der Waals surface area contributed by atoms with Gasteiger partial charge in [0.15, 0.2) is 0 Å². The van der Waals surface area contributed by atoms with Crippen LogP contribution in [0.25, 0.3) is 0 Å². The van der Waals surface area contributed by atoms with Crippen LogP contribution < -0.4 is 10.6 Å². The van der Waals surface area contributed by atoms with Gasteiger partial charge in [-0.15, -0.1) is 0 Å². The third kappa shape index (κ3) is 4.45.